The molecule has 0 unspecified atom stereocenters. The second-order valence-corrected chi connectivity index (χ2v) is 6.81. The molecule has 146 valence electrons. The van der Waals surface area contributed by atoms with Crippen molar-refractivity contribution < 1.29 is 18.7 Å². The highest BCUT2D eigenvalue weighted by Crippen LogP contribution is 2.33. The minimum Gasteiger partial charge on any atom is -0.481 e. The van der Waals surface area contributed by atoms with E-state index >= 15 is 0 Å². The highest BCUT2D eigenvalue weighted by atomic mass is 19.1. The zero-order valence-electron chi connectivity index (χ0n) is 15.9. The van der Waals surface area contributed by atoms with Crippen molar-refractivity contribution in [2.24, 2.45) is 0 Å². The monoisotopic (exact) mass is 376 g/mol. The number of benzene rings is 2. The second kappa shape index (κ2) is 9.46. The van der Waals surface area contributed by atoms with Crippen molar-refractivity contribution >= 4 is 11.7 Å². The quantitative estimate of drug-likeness (QED) is 0.636. The van der Waals surface area contributed by atoms with Gasteiger partial charge in [0.15, 0.2) is 0 Å². The molecule has 0 aliphatic rings. The first-order valence-corrected chi connectivity index (χ1v) is 9.04. The predicted molar refractivity (Wildman–Crippen MR) is 104 cm³/mol. The number of hydrogen-bond acceptors (Lipinski definition) is 3. The summed E-state index contributed by atoms with van der Waals surface area (Å²) in [6.07, 6.45) is 0.433. The molecule has 4 nitrogen and oxygen atoms in total. The lowest BCUT2D eigenvalue weighted by Gasteiger charge is -2.26. The van der Waals surface area contributed by atoms with Gasteiger partial charge in [-0.2, -0.15) is 0 Å². The van der Waals surface area contributed by atoms with E-state index < -0.39 is 17.6 Å². The van der Waals surface area contributed by atoms with Gasteiger partial charge in [-0.1, -0.05) is 18.2 Å². The Bertz CT molecular complexity index is 770. The van der Waals surface area contributed by atoms with Crippen LogP contribution in [0, 0.1) is 11.6 Å². The van der Waals surface area contributed by atoms with E-state index in [9.17, 15) is 13.6 Å². The van der Waals surface area contributed by atoms with E-state index in [1.165, 1.54) is 12.1 Å². The summed E-state index contributed by atoms with van der Waals surface area (Å²) in [7, 11) is 1.95. The highest BCUT2D eigenvalue weighted by Gasteiger charge is 2.16. The number of rotatable bonds is 9. The number of nitrogens with zero attached hydrogens (tertiary/aromatic N) is 1. The lowest BCUT2D eigenvalue weighted by Crippen LogP contribution is -2.26. The molecule has 0 radical (unpaired) electrons. The number of carbonyl (C=O) groups is 1. The molecular formula is C21H26F2N2O2. The molecule has 0 fully saturated rings. The maximum Gasteiger partial charge on any atom is 0.303 e. The Morgan fingerprint density at radius 1 is 1.19 bits per heavy atom. The van der Waals surface area contributed by atoms with Gasteiger partial charge in [-0.25, -0.2) is 8.78 Å². The summed E-state index contributed by atoms with van der Waals surface area (Å²) in [5, 5.41) is 11.5. The van der Waals surface area contributed by atoms with E-state index in [0.29, 0.717) is 18.5 Å². The molecule has 2 aromatic rings. The standard InChI is InChI=1S/C21H26F2N2O2/c1-14(2)25(3)20-8-5-4-7-16(20)15-11-18(22)17(19(23)12-15)13-24-10-6-9-21(26)27/h4-5,7-8,11-12,14,24H,6,9-10,13H2,1-3H3,(H,26,27). The van der Waals surface area contributed by atoms with Crippen LogP contribution in [0.5, 0.6) is 0 Å². The highest BCUT2D eigenvalue weighted by molar-refractivity contribution is 5.79. The van der Waals surface area contributed by atoms with Crippen molar-refractivity contribution in [2.75, 3.05) is 18.5 Å². The average Bonchev–Trinajstić information content (AvgIpc) is 2.62. The molecule has 2 aromatic carbocycles. The summed E-state index contributed by atoms with van der Waals surface area (Å²) < 4.78 is 29.1. The first kappa shape index (κ1) is 20.8. The number of carboxylic acid groups (broad SMARTS) is 1. The van der Waals surface area contributed by atoms with Crippen molar-refractivity contribution in [3.05, 3.63) is 53.6 Å². The van der Waals surface area contributed by atoms with Gasteiger partial charge in [0.25, 0.3) is 0 Å². The molecule has 0 saturated carbocycles. The van der Waals surface area contributed by atoms with Crippen molar-refractivity contribution in [1.82, 2.24) is 5.32 Å². The Hall–Kier alpha value is -2.47. The molecule has 0 aromatic heterocycles. The number of halogens is 2. The van der Waals surface area contributed by atoms with Crippen LogP contribution in [-0.2, 0) is 11.3 Å². The fraction of sp³-hybridized carbons (Fsp3) is 0.381. The summed E-state index contributed by atoms with van der Waals surface area (Å²) in [5.74, 6) is -2.11. The summed E-state index contributed by atoms with van der Waals surface area (Å²) in [6.45, 7) is 4.51. The van der Waals surface area contributed by atoms with Crippen molar-refractivity contribution in [3.8, 4) is 11.1 Å². The minimum atomic E-state index is -0.886. The fourth-order valence-electron chi connectivity index (χ4n) is 2.81. The Kier molecular flexibility index (Phi) is 7.30. The summed E-state index contributed by atoms with van der Waals surface area (Å²) in [5.41, 5.74) is 2.13. The van der Waals surface area contributed by atoms with Crippen LogP contribution in [0.4, 0.5) is 14.5 Å². The number of hydrogen-bond donors (Lipinski definition) is 2. The van der Waals surface area contributed by atoms with Crippen LogP contribution in [0.1, 0.15) is 32.3 Å². The zero-order valence-corrected chi connectivity index (χ0v) is 15.9. The molecule has 0 saturated heterocycles. The van der Waals surface area contributed by atoms with Gasteiger partial charge < -0.3 is 15.3 Å². The van der Waals surface area contributed by atoms with Crippen LogP contribution in [0.2, 0.25) is 0 Å². The van der Waals surface area contributed by atoms with E-state index in [1.54, 1.807) is 0 Å². The molecule has 0 aliphatic heterocycles. The van der Waals surface area contributed by atoms with Crippen LogP contribution in [0.15, 0.2) is 36.4 Å². The van der Waals surface area contributed by atoms with Crippen molar-refractivity contribution in [2.45, 2.75) is 39.3 Å². The largest absolute Gasteiger partial charge is 0.481 e. The van der Waals surface area contributed by atoms with Crippen LogP contribution in [0.3, 0.4) is 0 Å². The van der Waals surface area contributed by atoms with E-state index in [0.717, 1.165) is 11.3 Å². The molecule has 0 heterocycles. The van der Waals surface area contributed by atoms with Gasteiger partial charge in [0.2, 0.25) is 0 Å². The maximum absolute atomic E-state index is 14.5. The Balaban J connectivity index is 2.21. The van der Waals surface area contributed by atoms with Gasteiger partial charge in [-0.05, 0) is 50.6 Å². The SMILES string of the molecule is CC(C)N(C)c1ccccc1-c1cc(F)c(CNCCCC(=O)O)c(F)c1. The molecule has 2 rings (SSSR count). The van der Waals surface area contributed by atoms with E-state index in [4.69, 9.17) is 5.11 Å². The van der Waals surface area contributed by atoms with Gasteiger partial charge in [-0.15, -0.1) is 0 Å². The third kappa shape index (κ3) is 5.50. The first-order valence-electron chi connectivity index (χ1n) is 9.04. The van der Waals surface area contributed by atoms with Crippen molar-refractivity contribution in [1.29, 1.82) is 0 Å². The molecule has 0 bridgehead atoms. The normalized spacial score (nSPS) is 11.0. The second-order valence-electron chi connectivity index (χ2n) is 6.81. The van der Waals surface area contributed by atoms with Gasteiger partial charge >= 0.3 is 5.97 Å². The third-order valence-electron chi connectivity index (χ3n) is 4.56. The lowest BCUT2D eigenvalue weighted by atomic mass is 10.00. The van der Waals surface area contributed by atoms with Gasteiger partial charge in [-0.3, -0.25) is 4.79 Å². The fourth-order valence-corrected chi connectivity index (χ4v) is 2.81. The topological polar surface area (TPSA) is 52.6 Å². The first-order chi connectivity index (χ1) is 12.8. The Morgan fingerprint density at radius 2 is 1.81 bits per heavy atom. The smallest absolute Gasteiger partial charge is 0.303 e. The number of anilines is 1. The molecule has 0 aliphatic carbocycles. The van der Waals surface area contributed by atoms with E-state index in [1.807, 2.05) is 31.3 Å². The van der Waals surface area contributed by atoms with Gasteiger partial charge in [0, 0.05) is 42.9 Å². The van der Waals surface area contributed by atoms with E-state index in [-0.39, 0.29) is 24.6 Å². The number of aliphatic carboxylic acids is 1. The average molecular weight is 376 g/mol. The Morgan fingerprint density at radius 3 is 2.41 bits per heavy atom. The summed E-state index contributed by atoms with van der Waals surface area (Å²) >= 11 is 0. The summed E-state index contributed by atoms with van der Waals surface area (Å²) in [4.78, 5) is 12.5. The van der Waals surface area contributed by atoms with Crippen LogP contribution >= 0.6 is 0 Å². The van der Waals surface area contributed by atoms with Gasteiger partial charge in [0.1, 0.15) is 11.6 Å². The molecule has 0 amide bonds. The predicted octanol–water partition coefficient (Wildman–Crippen LogP) is 4.43. The van der Waals surface area contributed by atoms with Crippen LogP contribution in [0.25, 0.3) is 11.1 Å². The zero-order chi connectivity index (χ0) is 20.0. The summed E-state index contributed by atoms with van der Waals surface area (Å²) in [6, 6.07) is 10.5. The third-order valence-corrected chi connectivity index (χ3v) is 4.56. The van der Waals surface area contributed by atoms with Crippen LogP contribution < -0.4 is 10.2 Å². The number of carboxylic acids is 1. The molecule has 6 heteroatoms. The lowest BCUT2D eigenvalue weighted by molar-refractivity contribution is -0.137. The molecule has 27 heavy (non-hydrogen) atoms. The molecular weight excluding hydrogens is 350 g/mol. The molecule has 2 N–H and O–H groups in total. The molecule has 0 spiro atoms. The van der Waals surface area contributed by atoms with E-state index in [2.05, 4.69) is 24.1 Å². The van der Waals surface area contributed by atoms with Gasteiger partial charge in [0.05, 0.1) is 0 Å². The minimum absolute atomic E-state index is 0.0190. The number of nitrogens with one attached hydrogen (secondary N) is 1. The Labute approximate surface area is 158 Å². The number of para-hydroxylation sites is 1. The molecule has 0 atom stereocenters. The van der Waals surface area contributed by atoms with Crippen molar-refractivity contribution in [3.63, 3.8) is 0 Å². The maximum atomic E-state index is 14.5. The van der Waals surface area contributed by atoms with Crippen LogP contribution in [-0.4, -0.2) is 30.7 Å².